The van der Waals surface area contributed by atoms with Gasteiger partial charge in [-0.05, 0) is 104 Å². The molecule has 7 nitrogen and oxygen atoms in total. The summed E-state index contributed by atoms with van der Waals surface area (Å²) in [7, 11) is -4.64. The van der Waals surface area contributed by atoms with Crippen LogP contribution in [0.1, 0.15) is 0 Å². The summed E-state index contributed by atoms with van der Waals surface area (Å²) in [6.45, 7) is 0. The highest BCUT2D eigenvalue weighted by Crippen LogP contribution is 2.29. The second-order valence-electron chi connectivity index (χ2n) is 4.80. The van der Waals surface area contributed by atoms with Crippen molar-refractivity contribution >= 4 is 89.8 Å². The van der Waals surface area contributed by atoms with Crippen LogP contribution in [0.15, 0.2) is 53.4 Å². The number of benzene rings is 2. The number of esters is 2. The molecule has 0 aliphatic rings. The van der Waals surface area contributed by atoms with Crippen molar-refractivity contribution in [2.75, 3.05) is 0 Å². The predicted octanol–water partition coefficient (Wildman–Crippen LogP) is 3.47. The molecule has 2 aromatic carbocycles. The van der Waals surface area contributed by atoms with E-state index in [4.69, 9.17) is 9.47 Å². The molecule has 0 aliphatic heterocycles. The topological polar surface area (TPSA) is 110 Å². The standard InChI is InChI=1S/C16H9I3O7S/c17-9-1-3-10(4-2-9)25-14(20)5-6-15(21)26-11-7-12(18)16(13(19)8-11)27(22,23)24/h1-8H,(H,22,23,24)/p-1/b6-5+. The first-order valence-electron chi connectivity index (χ1n) is 6.88. The Balaban J connectivity index is 2.03. The molecule has 0 N–H and O–H groups in total. The zero-order valence-corrected chi connectivity index (χ0v) is 20.3. The summed E-state index contributed by atoms with van der Waals surface area (Å²) in [5, 5.41) is 0. The Hall–Kier alpha value is -0.780. The summed E-state index contributed by atoms with van der Waals surface area (Å²) in [6.07, 6.45) is 1.79. The van der Waals surface area contributed by atoms with Crippen LogP contribution in [0.2, 0.25) is 0 Å². The van der Waals surface area contributed by atoms with Crippen LogP contribution >= 0.6 is 67.8 Å². The van der Waals surface area contributed by atoms with Gasteiger partial charge < -0.3 is 14.0 Å². The smallest absolute Gasteiger partial charge is 0.336 e. The van der Waals surface area contributed by atoms with Crippen molar-refractivity contribution in [2.45, 2.75) is 4.90 Å². The number of halogens is 3. The van der Waals surface area contributed by atoms with Crippen LogP contribution in [0.5, 0.6) is 11.5 Å². The molecule has 0 saturated carbocycles. The van der Waals surface area contributed by atoms with E-state index in [1.54, 1.807) is 69.4 Å². The minimum atomic E-state index is -4.64. The van der Waals surface area contributed by atoms with Gasteiger partial charge in [0.1, 0.15) is 21.6 Å². The van der Waals surface area contributed by atoms with Crippen LogP contribution in [0.4, 0.5) is 0 Å². The van der Waals surface area contributed by atoms with E-state index in [1.807, 2.05) is 0 Å². The maximum atomic E-state index is 11.8. The lowest BCUT2D eigenvalue weighted by Gasteiger charge is -2.13. The van der Waals surface area contributed by atoms with Crippen LogP contribution in [-0.4, -0.2) is 24.9 Å². The lowest BCUT2D eigenvalue weighted by atomic mass is 10.3. The van der Waals surface area contributed by atoms with Gasteiger partial charge in [-0.25, -0.2) is 18.0 Å². The average molecular weight is 725 g/mol. The predicted molar refractivity (Wildman–Crippen MR) is 119 cm³/mol. The highest BCUT2D eigenvalue weighted by Gasteiger charge is 2.15. The Morgan fingerprint density at radius 1 is 0.852 bits per heavy atom. The third-order valence-corrected chi connectivity index (χ3v) is 6.92. The Morgan fingerprint density at radius 3 is 1.74 bits per heavy atom. The van der Waals surface area contributed by atoms with Gasteiger partial charge >= 0.3 is 11.9 Å². The molecular weight excluding hydrogens is 717 g/mol. The Morgan fingerprint density at radius 2 is 1.30 bits per heavy atom. The van der Waals surface area contributed by atoms with E-state index >= 15 is 0 Å². The zero-order valence-electron chi connectivity index (χ0n) is 13.0. The molecule has 0 atom stereocenters. The van der Waals surface area contributed by atoms with Gasteiger partial charge in [0, 0.05) is 22.9 Å². The van der Waals surface area contributed by atoms with Crippen molar-refractivity contribution in [3.63, 3.8) is 0 Å². The lowest BCUT2D eigenvalue weighted by molar-refractivity contribution is -0.131. The van der Waals surface area contributed by atoms with E-state index in [-0.39, 0.29) is 17.8 Å². The molecule has 11 heteroatoms. The lowest BCUT2D eigenvalue weighted by Crippen LogP contribution is -2.10. The van der Waals surface area contributed by atoms with Gasteiger partial charge in [0.05, 0.1) is 4.90 Å². The summed E-state index contributed by atoms with van der Waals surface area (Å²) in [4.78, 5) is 23.1. The summed E-state index contributed by atoms with van der Waals surface area (Å²) in [5.74, 6) is -1.25. The Labute approximate surface area is 195 Å². The van der Waals surface area contributed by atoms with Crippen LogP contribution in [0.25, 0.3) is 0 Å². The zero-order chi connectivity index (χ0) is 20.2. The van der Waals surface area contributed by atoms with Crippen molar-refractivity contribution < 1.29 is 32.0 Å². The number of rotatable bonds is 5. The first-order chi connectivity index (χ1) is 12.6. The fraction of sp³-hybridized carbons (Fsp3) is 0. The fourth-order valence-corrected chi connectivity index (χ4v) is 6.06. The SMILES string of the molecule is O=C(/C=C/C(=O)Oc1cc(I)c(S(=O)(=O)[O-])c(I)c1)Oc1ccc(I)cc1. The number of hydrogen-bond acceptors (Lipinski definition) is 7. The van der Waals surface area contributed by atoms with Crippen molar-refractivity contribution in [1.82, 2.24) is 0 Å². The number of carbonyl (C=O) groups is 2. The molecule has 0 spiro atoms. The normalized spacial score (nSPS) is 11.4. The molecular formula is C16H8I3O7S-. The van der Waals surface area contributed by atoms with E-state index in [0.29, 0.717) is 5.75 Å². The van der Waals surface area contributed by atoms with Crippen LogP contribution in [-0.2, 0) is 19.7 Å². The van der Waals surface area contributed by atoms with E-state index in [1.165, 1.54) is 12.1 Å². The summed E-state index contributed by atoms with van der Waals surface area (Å²) >= 11 is 5.43. The van der Waals surface area contributed by atoms with Gasteiger partial charge in [-0.2, -0.15) is 0 Å². The van der Waals surface area contributed by atoms with Gasteiger partial charge in [-0.1, -0.05) is 0 Å². The van der Waals surface area contributed by atoms with Gasteiger partial charge in [0.15, 0.2) is 0 Å². The minimum absolute atomic E-state index is 0.0388. The molecule has 0 fully saturated rings. The first-order valence-corrected chi connectivity index (χ1v) is 11.5. The molecule has 2 rings (SSSR count). The maximum Gasteiger partial charge on any atom is 0.336 e. The van der Waals surface area contributed by atoms with Gasteiger partial charge in [0.2, 0.25) is 0 Å². The fourth-order valence-electron chi connectivity index (χ4n) is 1.77. The second kappa shape index (κ2) is 9.62. The summed E-state index contributed by atoms with van der Waals surface area (Å²) in [6, 6.07) is 9.22. The van der Waals surface area contributed by atoms with Crippen molar-refractivity contribution in [3.05, 3.63) is 59.3 Å². The Bertz CT molecular complexity index is 992. The number of hydrogen-bond donors (Lipinski definition) is 0. The van der Waals surface area contributed by atoms with Crippen molar-refractivity contribution in [3.8, 4) is 11.5 Å². The molecule has 0 aromatic heterocycles. The molecule has 27 heavy (non-hydrogen) atoms. The molecule has 0 aliphatic carbocycles. The second-order valence-corrected chi connectivity index (χ2v) is 9.69. The molecule has 0 bridgehead atoms. The number of ether oxygens (including phenoxy) is 2. The number of carbonyl (C=O) groups excluding carboxylic acids is 2. The van der Waals surface area contributed by atoms with Gasteiger partial charge in [-0.15, -0.1) is 0 Å². The van der Waals surface area contributed by atoms with Crippen molar-refractivity contribution in [2.24, 2.45) is 0 Å². The molecule has 0 radical (unpaired) electrons. The monoisotopic (exact) mass is 725 g/mol. The third kappa shape index (κ3) is 6.95. The quantitative estimate of drug-likeness (QED) is 0.153. The molecule has 142 valence electrons. The highest BCUT2D eigenvalue weighted by atomic mass is 127. The molecule has 0 saturated heterocycles. The van der Waals surface area contributed by atoms with E-state index < -0.39 is 22.1 Å². The minimum Gasteiger partial charge on any atom is -0.744 e. The highest BCUT2D eigenvalue weighted by molar-refractivity contribution is 14.1. The third-order valence-electron chi connectivity index (χ3n) is 2.83. The molecule has 2 aromatic rings. The van der Waals surface area contributed by atoms with E-state index in [9.17, 15) is 22.6 Å². The van der Waals surface area contributed by atoms with Crippen LogP contribution in [0, 0.1) is 10.7 Å². The summed E-state index contributed by atoms with van der Waals surface area (Å²) in [5.41, 5.74) is 0. The van der Waals surface area contributed by atoms with Crippen LogP contribution in [0.3, 0.4) is 0 Å². The van der Waals surface area contributed by atoms with E-state index in [2.05, 4.69) is 22.6 Å². The van der Waals surface area contributed by atoms with Crippen LogP contribution < -0.4 is 9.47 Å². The largest absolute Gasteiger partial charge is 0.744 e. The maximum absolute atomic E-state index is 11.8. The molecule has 0 unspecified atom stereocenters. The van der Waals surface area contributed by atoms with Gasteiger partial charge in [0.25, 0.3) is 0 Å². The average Bonchev–Trinajstić information content (AvgIpc) is 2.53. The van der Waals surface area contributed by atoms with Gasteiger partial charge in [-0.3, -0.25) is 0 Å². The van der Waals surface area contributed by atoms with E-state index in [0.717, 1.165) is 15.7 Å². The first kappa shape index (κ1) is 22.5. The molecule has 0 amide bonds. The molecule has 0 heterocycles. The summed E-state index contributed by atoms with van der Waals surface area (Å²) < 4.78 is 44.9. The Kier molecular flexibility index (Phi) is 8.02. The van der Waals surface area contributed by atoms with Crippen molar-refractivity contribution in [1.29, 1.82) is 0 Å².